The van der Waals surface area contributed by atoms with E-state index in [4.69, 9.17) is 22.1 Å². The highest BCUT2D eigenvalue weighted by Crippen LogP contribution is 2.14. The van der Waals surface area contributed by atoms with Gasteiger partial charge in [0.15, 0.2) is 5.69 Å². The van der Waals surface area contributed by atoms with Crippen LogP contribution in [0.25, 0.3) is 0 Å². The second-order valence-electron chi connectivity index (χ2n) is 3.87. The molecular weight excluding hydrogens is 284 g/mol. The van der Waals surface area contributed by atoms with E-state index in [1.54, 1.807) is 17.5 Å². The first-order valence-electron chi connectivity index (χ1n) is 5.75. The zero-order valence-corrected chi connectivity index (χ0v) is 11.7. The van der Waals surface area contributed by atoms with Crippen molar-refractivity contribution in [2.24, 2.45) is 5.73 Å². The van der Waals surface area contributed by atoms with Gasteiger partial charge in [-0.05, 0) is 24.2 Å². The lowest BCUT2D eigenvalue weighted by molar-refractivity contribution is 0.0466. The first-order valence-corrected chi connectivity index (χ1v) is 7.01. The third kappa shape index (κ3) is 4.02. The summed E-state index contributed by atoms with van der Waals surface area (Å²) < 4.78 is 5.18. The third-order valence-electron chi connectivity index (χ3n) is 2.38. The van der Waals surface area contributed by atoms with Gasteiger partial charge in [0.05, 0.1) is 5.01 Å². The molecule has 0 saturated carbocycles. The highest BCUT2D eigenvalue weighted by Gasteiger charge is 2.12. The number of nitrogens with zero attached hydrogens (tertiary/aromatic N) is 1. The predicted molar refractivity (Wildman–Crippen MR) is 75.4 cm³/mol. The van der Waals surface area contributed by atoms with E-state index >= 15 is 0 Å². The first kappa shape index (κ1) is 14.0. The lowest BCUT2D eigenvalue weighted by atomic mass is 10.2. The number of aromatic nitrogens is 1. The number of hydrogen-bond acceptors (Lipinski definition) is 5. The average Bonchev–Trinajstić information content (AvgIpc) is 2.85. The van der Waals surface area contributed by atoms with Crippen LogP contribution in [0.4, 0.5) is 0 Å². The van der Waals surface area contributed by atoms with Crippen molar-refractivity contribution in [3.05, 3.63) is 50.9 Å². The van der Waals surface area contributed by atoms with Crippen LogP contribution in [0.3, 0.4) is 0 Å². The van der Waals surface area contributed by atoms with Crippen LogP contribution < -0.4 is 5.73 Å². The molecule has 2 aromatic rings. The Hall–Kier alpha value is -1.43. The largest absolute Gasteiger partial charge is 0.456 e. The van der Waals surface area contributed by atoms with E-state index in [1.165, 1.54) is 11.3 Å². The number of carbonyl (C=O) groups excluding carboxylic acids is 1. The van der Waals surface area contributed by atoms with Gasteiger partial charge in [0, 0.05) is 16.8 Å². The summed E-state index contributed by atoms with van der Waals surface area (Å²) in [4.78, 5) is 15.9. The van der Waals surface area contributed by atoms with Crippen LogP contribution >= 0.6 is 22.9 Å². The zero-order valence-electron chi connectivity index (χ0n) is 10.1. The van der Waals surface area contributed by atoms with Gasteiger partial charge in [-0.15, -0.1) is 11.3 Å². The number of carbonyl (C=O) groups is 1. The predicted octanol–water partition coefficient (Wildman–Crippen LogP) is 2.65. The maximum atomic E-state index is 11.8. The smallest absolute Gasteiger partial charge is 0.358 e. The molecule has 0 unspecified atom stereocenters. The molecule has 0 saturated heterocycles. The molecule has 0 atom stereocenters. The fraction of sp³-hybridized carbons (Fsp3) is 0.231. The molecule has 0 fully saturated rings. The number of thiazole rings is 1. The summed E-state index contributed by atoms with van der Waals surface area (Å²) in [6.07, 6.45) is 0.673. The van der Waals surface area contributed by atoms with E-state index in [-0.39, 0.29) is 6.61 Å². The molecule has 100 valence electrons. The van der Waals surface area contributed by atoms with Crippen LogP contribution in [0.1, 0.15) is 21.1 Å². The lowest BCUT2D eigenvalue weighted by Gasteiger charge is -2.03. The summed E-state index contributed by atoms with van der Waals surface area (Å²) in [6, 6.07) is 7.19. The van der Waals surface area contributed by atoms with Crippen LogP contribution in [0.2, 0.25) is 5.02 Å². The second kappa shape index (κ2) is 6.65. The van der Waals surface area contributed by atoms with E-state index in [1.807, 2.05) is 12.1 Å². The molecule has 4 nitrogen and oxygen atoms in total. The van der Waals surface area contributed by atoms with Gasteiger partial charge in [-0.2, -0.15) is 0 Å². The Labute approximate surface area is 120 Å². The van der Waals surface area contributed by atoms with E-state index < -0.39 is 5.97 Å². The highest BCUT2D eigenvalue weighted by molar-refractivity contribution is 7.09. The summed E-state index contributed by atoms with van der Waals surface area (Å²) >= 11 is 7.27. The van der Waals surface area contributed by atoms with Gasteiger partial charge in [-0.25, -0.2) is 9.78 Å². The monoisotopic (exact) mass is 296 g/mol. The summed E-state index contributed by atoms with van der Waals surface area (Å²) in [5.74, 6) is -0.431. The number of benzene rings is 1. The Morgan fingerprint density at radius 1 is 1.47 bits per heavy atom. The van der Waals surface area contributed by atoms with E-state index in [2.05, 4.69) is 4.98 Å². The fourth-order valence-electron chi connectivity index (χ4n) is 1.49. The molecule has 0 aliphatic heterocycles. The molecule has 1 aromatic carbocycles. The third-order valence-corrected chi connectivity index (χ3v) is 3.52. The Morgan fingerprint density at radius 2 is 2.32 bits per heavy atom. The van der Waals surface area contributed by atoms with Crippen LogP contribution in [0.15, 0.2) is 29.6 Å². The summed E-state index contributed by atoms with van der Waals surface area (Å²) in [6.45, 7) is 0.702. The van der Waals surface area contributed by atoms with Gasteiger partial charge < -0.3 is 10.5 Å². The fourth-order valence-corrected chi connectivity index (χ4v) is 2.49. The standard InChI is InChI=1S/C13H13ClN2O2S/c14-10-3-1-2-9(6-10)7-18-13(17)11-8-19-12(16-11)4-5-15/h1-3,6,8H,4-5,7,15H2. The van der Waals surface area contributed by atoms with Crippen LogP contribution in [-0.4, -0.2) is 17.5 Å². The van der Waals surface area contributed by atoms with Crippen molar-refractivity contribution in [2.75, 3.05) is 6.54 Å². The number of rotatable bonds is 5. The normalized spacial score (nSPS) is 10.4. The van der Waals surface area contributed by atoms with Crippen molar-refractivity contribution in [3.8, 4) is 0 Å². The van der Waals surface area contributed by atoms with Crippen molar-refractivity contribution in [2.45, 2.75) is 13.0 Å². The Kier molecular flexibility index (Phi) is 4.90. The molecule has 6 heteroatoms. The van der Waals surface area contributed by atoms with Crippen molar-refractivity contribution >= 4 is 28.9 Å². The first-order chi connectivity index (χ1) is 9.19. The molecule has 0 radical (unpaired) electrons. The van der Waals surface area contributed by atoms with E-state index in [9.17, 15) is 4.79 Å². The molecular formula is C13H13ClN2O2S. The number of ether oxygens (including phenoxy) is 1. The molecule has 2 rings (SSSR count). The lowest BCUT2D eigenvalue weighted by Crippen LogP contribution is -2.07. The topological polar surface area (TPSA) is 65.2 Å². The number of hydrogen-bond donors (Lipinski definition) is 1. The summed E-state index contributed by atoms with van der Waals surface area (Å²) in [5.41, 5.74) is 6.61. The van der Waals surface area contributed by atoms with Gasteiger partial charge >= 0.3 is 5.97 Å². The van der Waals surface area contributed by atoms with Crippen LogP contribution in [0, 0.1) is 0 Å². The average molecular weight is 297 g/mol. The van der Waals surface area contributed by atoms with Crippen molar-refractivity contribution in [1.29, 1.82) is 0 Å². The van der Waals surface area contributed by atoms with Crippen molar-refractivity contribution in [3.63, 3.8) is 0 Å². The molecule has 2 N–H and O–H groups in total. The van der Waals surface area contributed by atoms with Gasteiger partial charge in [0.25, 0.3) is 0 Å². The molecule has 1 heterocycles. The number of halogens is 1. The van der Waals surface area contributed by atoms with Gasteiger partial charge in [-0.3, -0.25) is 0 Å². The Balaban J connectivity index is 1.93. The van der Waals surface area contributed by atoms with Gasteiger partial charge in [-0.1, -0.05) is 23.7 Å². The van der Waals surface area contributed by atoms with Gasteiger partial charge in [0.2, 0.25) is 0 Å². The quantitative estimate of drug-likeness (QED) is 0.862. The second-order valence-corrected chi connectivity index (χ2v) is 5.25. The van der Waals surface area contributed by atoms with Crippen molar-refractivity contribution in [1.82, 2.24) is 4.98 Å². The minimum absolute atomic E-state index is 0.184. The van der Waals surface area contributed by atoms with E-state index in [0.717, 1.165) is 10.6 Å². The minimum Gasteiger partial charge on any atom is -0.456 e. The summed E-state index contributed by atoms with van der Waals surface area (Å²) in [7, 11) is 0. The molecule has 0 bridgehead atoms. The molecule has 0 aliphatic rings. The molecule has 1 aromatic heterocycles. The van der Waals surface area contributed by atoms with Crippen LogP contribution in [0.5, 0.6) is 0 Å². The van der Waals surface area contributed by atoms with Crippen LogP contribution in [-0.2, 0) is 17.8 Å². The SMILES string of the molecule is NCCc1nc(C(=O)OCc2cccc(Cl)c2)cs1. The zero-order chi connectivity index (χ0) is 13.7. The number of nitrogens with two attached hydrogens (primary N) is 1. The highest BCUT2D eigenvalue weighted by atomic mass is 35.5. The maximum absolute atomic E-state index is 11.8. The molecule has 0 spiro atoms. The number of esters is 1. The summed E-state index contributed by atoms with van der Waals surface area (Å²) in [5, 5.41) is 3.15. The van der Waals surface area contributed by atoms with Gasteiger partial charge in [0.1, 0.15) is 6.61 Å². The maximum Gasteiger partial charge on any atom is 0.358 e. The molecule has 0 amide bonds. The molecule has 0 aliphatic carbocycles. The molecule has 19 heavy (non-hydrogen) atoms. The van der Waals surface area contributed by atoms with Crippen molar-refractivity contribution < 1.29 is 9.53 Å². The minimum atomic E-state index is -0.431. The van der Waals surface area contributed by atoms with E-state index in [0.29, 0.717) is 23.7 Å². The Bertz CT molecular complexity index is 571. The Morgan fingerprint density at radius 3 is 3.05 bits per heavy atom.